The fourth-order valence-electron chi connectivity index (χ4n) is 4.13. The Labute approximate surface area is 197 Å². The number of thioether (sulfide) groups is 1. The molecule has 1 N–H and O–H groups in total. The van der Waals surface area contributed by atoms with Crippen LogP contribution < -0.4 is 10.9 Å². The first-order chi connectivity index (χ1) is 15.5. The molecule has 2 fully saturated rings. The van der Waals surface area contributed by atoms with Crippen LogP contribution in [-0.2, 0) is 9.53 Å². The number of pyridine rings is 1. The van der Waals surface area contributed by atoms with Gasteiger partial charge in [0.25, 0.3) is 11.5 Å². The van der Waals surface area contributed by atoms with Crippen LogP contribution in [0.4, 0.5) is 5.82 Å². The maximum atomic E-state index is 13.5. The first-order valence-corrected chi connectivity index (χ1v) is 12.2. The summed E-state index contributed by atoms with van der Waals surface area (Å²) in [5, 5.41) is 3.50. The number of hydrogen-bond acceptors (Lipinski definition) is 7. The standard InChI is InChI=1S/C23H28N4O3S2/c1-15-9-10-19-25-20(24-16-7-4-3-5-8-16)17(21(28)27(19)14-15)13-18-22(29)26(23(31)32-18)11-6-12-30-2/h9-10,13-14,16,24H,3-8,11-12H2,1-2H3/b18-13+. The van der Waals surface area contributed by atoms with Gasteiger partial charge in [-0.3, -0.25) is 18.9 Å². The summed E-state index contributed by atoms with van der Waals surface area (Å²) in [5.41, 5.74) is 1.76. The molecule has 1 aliphatic heterocycles. The van der Waals surface area contributed by atoms with Gasteiger partial charge in [-0.15, -0.1) is 0 Å². The number of nitrogens with one attached hydrogen (secondary N) is 1. The van der Waals surface area contributed by atoms with E-state index in [9.17, 15) is 9.59 Å². The molecule has 0 radical (unpaired) electrons. The number of nitrogens with zero attached hydrogens (tertiary/aromatic N) is 3. The van der Waals surface area contributed by atoms with Crippen molar-refractivity contribution in [2.24, 2.45) is 0 Å². The topological polar surface area (TPSA) is 75.9 Å². The summed E-state index contributed by atoms with van der Waals surface area (Å²) < 4.78 is 7.14. The highest BCUT2D eigenvalue weighted by atomic mass is 32.2. The molecule has 0 aromatic carbocycles. The van der Waals surface area contributed by atoms with E-state index in [2.05, 4.69) is 5.32 Å². The predicted molar refractivity (Wildman–Crippen MR) is 133 cm³/mol. The highest BCUT2D eigenvalue weighted by Crippen LogP contribution is 2.33. The number of aryl methyl sites for hydroxylation is 1. The van der Waals surface area contributed by atoms with E-state index >= 15 is 0 Å². The number of hydrogen-bond donors (Lipinski definition) is 1. The number of ether oxygens (including phenoxy) is 1. The van der Waals surface area contributed by atoms with Crippen molar-refractivity contribution >= 4 is 51.7 Å². The fourth-order valence-corrected chi connectivity index (χ4v) is 5.42. The Bertz CT molecular complexity index is 1120. The molecule has 4 rings (SSSR count). The lowest BCUT2D eigenvalue weighted by Gasteiger charge is -2.24. The van der Waals surface area contributed by atoms with Crippen molar-refractivity contribution in [1.82, 2.24) is 14.3 Å². The van der Waals surface area contributed by atoms with Crippen molar-refractivity contribution in [2.75, 3.05) is 25.6 Å². The average molecular weight is 473 g/mol. The number of methoxy groups -OCH3 is 1. The van der Waals surface area contributed by atoms with E-state index in [0.29, 0.717) is 45.8 Å². The third kappa shape index (κ3) is 4.89. The molecule has 1 aliphatic carbocycles. The third-order valence-corrected chi connectivity index (χ3v) is 7.21. The van der Waals surface area contributed by atoms with E-state index in [1.54, 1.807) is 28.7 Å². The van der Waals surface area contributed by atoms with Gasteiger partial charge in [0, 0.05) is 32.5 Å². The highest BCUT2D eigenvalue weighted by Gasteiger charge is 2.32. The molecule has 0 unspecified atom stereocenters. The smallest absolute Gasteiger partial charge is 0.267 e. The molecule has 1 saturated carbocycles. The summed E-state index contributed by atoms with van der Waals surface area (Å²) in [6.45, 7) is 2.99. The Balaban J connectivity index is 1.73. The van der Waals surface area contributed by atoms with Crippen LogP contribution in [0.5, 0.6) is 0 Å². The molecule has 170 valence electrons. The van der Waals surface area contributed by atoms with Crippen LogP contribution in [-0.4, -0.2) is 50.8 Å². The number of rotatable bonds is 7. The highest BCUT2D eigenvalue weighted by molar-refractivity contribution is 8.26. The van der Waals surface area contributed by atoms with Crippen molar-refractivity contribution in [3.05, 3.63) is 44.7 Å². The Morgan fingerprint density at radius 3 is 2.81 bits per heavy atom. The van der Waals surface area contributed by atoms with Crippen LogP contribution in [0.25, 0.3) is 11.7 Å². The second-order valence-electron chi connectivity index (χ2n) is 8.27. The third-order valence-electron chi connectivity index (χ3n) is 5.83. The van der Waals surface area contributed by atoms with Gasteiger partial charge in [0.05, 0.1) is 10.5 Å². The molecule has 3 heterocycles. The van der Waals surface area contributed by atoms with Crippen molar-refractivity contribution in [2.45, 2.75) is 51.5 Å². The average Bonchev–Trinajstić information content (AvgIpc) is 3.05. The van der Waals surface area contributed by atoms with Crippen LogP contribution in [0.1, 0.15) is 49.7 Å². The van der Waals surface area contributed by atoms with Gasteiger partial charge < -0.3 is 10.1 Å². The van der Waals surface area contributed by atoms with Crippen molar-refractivity contribution < 1.29 is 9.53 Å². The molecule has 32 heavy (non-hydrogen) atoms. The molecular weight excluding hydrogens is 444 g/mol. The van der Waals surface area contributed by atoms with Crippen molar-refractivity contribution in [1.29, 1.82) is 0 Å². The number of thiocarbonyl (C=S) groups is 1. The van der Waals surface area contributed by atoms with Crippen LogP contribution >= 0.6 is 24.0 Å². The van der Waals surface area contributed by atoms with Crippen LogP contribution in [0.15, 0.2) is 28.0 Å². The number of carbonyl (C=O) groups excluding carboxylic acids is 1. The summed E-state index contributed by atoms with van der Waals surface area (Å²) in [4.78, 5) is 33.3. The zero-order chi connectivity index (χ0) is 22.7. The molecule has 0 atom stereocenters. The van der Waals surface area contributed by atoms with Gasteiger partial charge in [0.2, 0.25) is 0 Å². The summed E-state index contributed by atoms with van der Waals surface area (Å²) >= 11 is 6.65. The molecule has 0 bridgehead atoms. The lowest BCUT2D eigenvalue weighted by atomic mass is 9.95. The first kappa shape index (κ1) is 22.9. The quantitative estimate of drug-likeness (QED) is 0.371. The van der Waals surface area contributed by atoms with Crippen LogP contribution in [0.2, 0.25) is 0 Å². The van der Waals surface area contributed by atoms with Gasteiger partial charge in [-0.25, -0.2) is 4.98 Å². The monoisotopic (exact) mass is 472 g/mol. The molecule has 0 spiro atoms. The van der Waals surface area contributed by atoms with Gasteiger partial charge in [-0.05, 0) is 43.9 Å². The van der Waals surface area contributed by atoms with Crippen LogP contribution in [0.3, 0.4) is 0 Å². The van der Waals surface area contributed by atoms with Gasteiger partial charge >= 0.3 is 0 Å². The van der Waals surface area contributed by atoms with E-state index in [1.165, 1.54) is 31.0 Å². The van der Waals surface area contributed by atoms with Gasteiger partial charge in [-0.1, -0.05) is 49.3 Å². The predicted octanol–water partition coefficient (Wildman–Crippen LogP) is 3.99. The number of fused-ring (bicyclic) bond motifs is 1. The maximum Gasteiger partial charge on any atom is 0.267 e. The Kier molecular flexibility index (Phi) is 7.27. The van der Waals surface area contributed by atoms with Gasteiger partial charge in [0.1, 0.15) is 15.8 Å². The van der Waals surface area contributed by atoms with Gasteiger partial charge in [-0.2, -0.15) is 0 Å². The van der Waals surface area contributed by atoms with E-state index in [1.807, 2.05) is 19.1 Å². The molecule has 2 aliphatic rings. The van der Waals surface area contributed by atoms with E-state index in [4.69, 9.17) is 21.9 Å². The SMILES string of the molecule is COCCCN1C(=O)/C(=C\c2c(NC3CCCCC3)nc3ccc(C)cn3c2=O)SC1=S. The zero-order valence-corrected chi connectivity index (χ0v) is 20.1. The normalized spacial score (nSPS) is 18.8. The minimum absolute atomic E-state index is 0.173. The fraction of sp³-hybridized carbons (Fsp3) is 0.478. The molecule has 2 aromatic heterocycles. The lowest BCUT2D eigenvalue weighted by molar-refractivity contribution is -0.122. The van der Waals surface area contributed by atoms with E-state index in [0.717, 1.165) is 18.4 Å². The number of anilines is 1. The minimum atomic E-state index is -0.193. The Morgan fingerprint density at radius 2 is 2.06 bits per heavy atom. The lowest BCUT2D eigenvalue weighted by Crippen LogP contribution is -2.30. The zero-order valence-electron chi connectivity index (χ0n) is 18.4. The van der Waals surface area contributed by atoms with Gasteiger partial charge in [0.15, 0.2) is 0 Å². The van der Waals surface area contributed by atoms with Crippen molar-refractivity contribution in [3.8, 4) is 0 Å². The second kappa shape index (κ2) is 10.1. The number of amides is 1. The van der Waals surface area contributed by atoms with Crippen LogP contribution in [0, 0.1) is 6.92 Å². The molecular formula is C23H28N4O3S2. The van der Waals surface area contributed by atoms with Crippen molar-refractivity contribution in [3.63, 3.8) is 0 Å². The summed E-state index contributed by atoms with van der Waals surface area (Å²) in [7, 11) is 1.63. The minimum Gasteiger partial charge on any atom is -0.385 e. The maximum absolute atomic E-state index is 13.5. The molecule has 2 aromatic rings. The second-order valence-corrected chi connectivity index (χ2v) is 9.95. The van der Waals surface area contributed by atoms with E-state index in [-0.39, 0.29) is 17.5 Å². The number of aromatic nitrogens is 2. The molecule has 1 amide bonds. The summed E-state index contributed by atoms with van der Waals surface area (Å²) in [5.74, 6) is 0.365. The Morgan fingerprint density at radius 1 is 1.28 bits per heavy atom. The number of carbonyl (C=O) groups is 1. The molecule has 9 heteroatoms. The first-order valence-electron chi connectivity index (χ1n) is 11.0. The van der Waals surface area contributed by atoms with E-state index < -0.39 is 0 Å². The summed E-state index contributed by atoms with van der Waals surface area (Å²) in [6, 6.07) is 4.07. The molecule has 7 nitrogen and oxygen atoms in total. The molecule has 1 saturated heterocycles. The summed E-state index contributed by atoms with van der Waals surface area (Å²) in [6.07, 6.45) is 9.81. The largest absolute Gasteiger partial charge is 0.385 e. The Hall–Kier alpha value is -2.23.